The van der Waals surface area contributed by atoms with E-state index in [0.29, 0.717) is 6.04 Å². The second kappa shape index (κ2) is 5.54. The summed E-state index contributed by atoms with van der Waals surface area (Å²) >= 11 is 0. The van der Waals surface area contributed by atoms with E-state index in [1.54, 1.807) is 0 Å². The molecule has 0 spiro atoms. The molecule has 0 heterocycles. The van der Waals surface area contributed by atoms with Crippen molar-refractivity contribution in [3.63, 3.8) is 0 Å². The van der Waals surface area contributed by atoms with Gasteiger partial charge in [0.05, 0.1) is 12.5 Å². The van der Waals surface area contributed by atoms with Gasteiger partial charge in [-0.2, -0.15) is 0 Å². The standard InChI is InChI=1S/C16H21NO3/c18-15(19)9-14(17-13-6-7-13)16(20)12-5-4-10-2-1-3-11(10)8-12/h4-5,8,13-14,16-17,20H,1-3,6-7,9H2,(H,18,19). The van der Waals surface area contributed by atoms with Gasteiger partial charge in [0.15, 0.2) is 0 Å². The van der Waals surface area contributed by atoms with Crippen LogP contribution in [0.4, 0.5) is 0 Å². The van der Waals surface area contributed by atoms with Crippen molar-refractivity contribution in [2.45, 2.75) is 56.7 Å². The fraction of sp³-hybridized carbons (Fsp3) is 0.562. The minimum atomic E-state index is -0.872. The van der Waals surface area contributed by atoms with Crippen LogP contribution in [0.2, 0.25) is 0 Å². The zero-order valence-corrected chi connectivity index (χ0v) is 11.5. The smallest absolute Gasteiger partial charge is 0.305 e. The number of aliphatic carboxylic acids is 1. The van der Waals surface area contributed by atoms with E-state index in [4.69, 9.17) is 5.11 Å². The van der Waals surface area contributed by atoms with E-state index in [-0.39, 0.29) is 6.42 Å². The summed E-state index contributed by atoms with van der Waals surface area (Å²) in [6, 6.07) is 6.05. The fourth-order valence-electron chi connectivity index (χ4n) is 3.01. The number of aliphatic hydroxyl groups excluding tert-OH is 1. The molecule has 0 aromatic heterocycles. The number of rotatable bonds is 6. The third-order valence-electron chi connectivity index (χ3n) is 4.27. The number of carboxylic acid groups (broad SMARTS) is 1. The molecule has 1 fully saturated rings. The van der Waals surface area contributed by atoms with Crippen molar-refractivity contribution in [3.8, 4) is 0 Å². The first-order chi connectivity index (χ1) is 9.63. The van der Waals surface area contributed by atoms with E-state index in [1.807, 2.05) is 6.07 Å². The monoisotopic (exact) mass is 275 g/mol. The van der Waals surface area contributed by atoms with E-state index in [9.17, 15) is 9.90 Å². The van der Waals surface area contributed by atoms with Crippen molar-refractivity contribution in [2.75, 3.05) is 0 Å². The number of aliphatic hydroxyl groups is 1. The lowest BCUT2D eigenvalue weighted by atomic mass is 9.96. The SMILES string of the molecule is O=C(O)CC(NC1CC1)C(O)c1ccc2c(c1)CCC2. The van der Waals surface area contributed by atoms with Crippen molar-refractivity contribution in [1.82, 2.24) is 5.32 Å². The highest BCUT2D eigenvalue weighted by atomic mass is 16.4. The summed E-state index contributed by atoms with van der Waals surface area (Å²) in [6.07, 6.45) is 4.71. The molecule has 3 rings (SSSR count). The van der Waals surface area contributed by atoms with Crippen molar-refractivity contribution in [1.29, 1.82) is 0 Å². The first-order valence-corrected chi connectivity index (χ1v) is 7.41. The molecule has 0 amide bonds. The zero-order valence-electron chi connectivity index (χ0n) is 11.5. The van der Waals surface area contributed by atoms with Crippen LogP contribution >= 0.6 is 0 Å². The van der Waals surface area contributed by atoms with Gasteiger partial charge in [-0.25, -0.2) is 0 Å². The molecule has 2 unspecified atom stereocenters. The lowest BCUT2D eigenvalue weighted by Gasteiger charge is -2.23. The molecule has 2 aliphatic carbocycles. The summed E-state index contributed by atoms with van der Waals surface area (Å²) in [6.45, 7) is 0. The van der Waals surface area contributed by atoms with Crippen LogP contribution in [0.15, 0.2) is 18.2 Å². The molecule has 1 aromatic carbocycles. The Morgan fingerprint density at radius 1 is 1.30 bits per heavy atom. The second-order valence-corrected chi connectivity index (χ2v) is 5.97. The van der Waals surface area contributed by atoms with Crippen LogP contribution in [0.3, 0.4) is 0 Å². The fourth-order valence-corrected chi connectivity index (χ4v) is 3.01. The van der Waals surface area contributed by atoms with Gasteiger partial charge in [-0.1, -0.05) is 18.2 Å². The molecule has 0 radical (unpaired) electrons. The highest BCUT2D eigenvalue weighted by Gasteiger charge is 2.31. The minimum absolute atomic E-state index is 0.0469. The van der Waals surface area contributed by atoms with Crippen molar-refractivity contribution < 1.29 is 15.0 Å². The summed E-state index contributed by atoms with van der Waals surface area (Å²) in [5.74, 6) is -0.872. The molecule has 1 saturated carbocycles. The second-order valence-electron chi connectivity index (χ2n) is 5.97. The first-order valence-electron chi connectivity index (χ1n) is 7.41. The third kappa shape index (κ3) is 3.02. The summed E-state index contributed by atoms with van der Waals surface area (Å²) < 4.78 is 0. The van der Waals surface area contributed by atoms with Gasteiger partial charge in [-0.05, 0) is 48.8 Å². The van der Waals surface area contributed by atoms with Gasteiger partial charge < -0.3 is 15.5 Å². The van der Waals surface area contributed by atoms with E-state index in [0.717, 1.165) is 31.2 Å². The van der Waals surface area contributed by atoms with Gasteiger partial charge >= 0.3 is 5.97 Å². The molecule has 3 N–H and O–H groups in total. The molecule has 2 aliphatic rings. The third-order valence-corrected chi connectivity index (χ3v) is 4.27. The maximum absolute atomic E-state index is 11.0. The number of carboxylic acids is 1. The van der Waals surface area contributed by atoms with E-state index in [2.05, 4.69) is 17.4 Å². The largest absolute Gasteiger partial charge is 0.481 e. The Morgan fingerprint density at radius 3 is 2.75 bits per heavy atom. The first kappa shape index (κ1) is 13.6. The maximum atomic E-state index is 11.0. The van der Waals surface area contributed by atoms with Crippen LogP contribution in [0.25, 0.3) is 0 Å². The van der Waals surface area contributed by atoms with E-state index < -0.39 is 18.1 Å². The van der Waals surface area contributed by atoms with Gasteiger partial charge in [0.2, 0.25) is 0 Å². The topological polar surface area (TPSA) is 69.6 Å². The average Bonchev–Trinajstić information content (AvgIpc) is 3.11. The number of benzene rings is 1. The van der Waals surface area contributed by atoms with E-state index >= 15 is 0 Å². The Hall–Kier alpha value is -1.39. The number of aryl methyl sites for hydroxylation is 2. The normalized spacial score (nSPS) is 20.4. The summed E-state index contributed by atoms with van der Waals surface area (Å²) in [5.41, 5.74) is 3.51. The molecule has 1 aromatic rings. The lowest BCUT2D eigenvalue weighted by molar-refractivity contribution is -0.138. The average molecular weight is 275 g/mol. The molecule has 4 nitrogen and oxygen atoms in total. The number of carbonyl (C=O) groups is 1. The molecule has 0 aliphatic heterocycles. The van der Waals surface area contributed by atoms with Gasteiger partial charge in [-0.3, -0.25) is 4.79 Å². The Balaban J connectivity index is 1.76. The number of hydrogen-bond acceptors (Lipinski definition) is 3. The van der Waals surface area contributed by atoms with Gasteiger partial charge in [0.25, 0.3) is 0 Å². The minimum Gasteiger partial charge on any atom is -0.481 e. The Morgan fingerprint density at radius 2 is 2.05 bits per heavy atom. The number of nitrogens with one attached hydrogen (secondary N) is 1. The Bertz CT molecular complexity index is 510. The van der Waals surface area contributed by atoms with Crippen molar-refractivity contribution in [2.24, 2.45) is 0 Å². The zero-order chi connectivity index (χ0) is 14.1. The predicted octanol–water partition coefficient (Wildman–Crippen LogP) is 1.80. The van der Waals surface area contributed by atoms with Crippen LogP contribution in [0.1, 0.15) is 48.5 Å². The predicted molar refractivity (Wildman–Crippen MR) is 75.6 cm³/mol. The maximum Gasteiger partial charge on any atom is 0.305 e. The molecular weight excluding hydrogens is 254 g/mol. The van der Waals surface area contributed by atoms with Crippen LogP contribution < -0.4 is 5.32 Å². The molecule has 4 heteroatoms. The summed E-state index contributed by atoms with van der Waals surface area (Å²) in [5, 5.41) is 22.8. The number of hydrogen-bond donors (Lipinski definition) is 3. The molecular formula is C16H21NO3. The quantitative estimate of drug-likeness (QED) is 0.740. The Labute approximate surface area is 118 Å². The van der Waals surface area contributed by atoms with Crippen LogP contribution in [0, 0.1) is 0 Å². The van der Waals surface area contributed by atoms with Crippen LogP contribution in [-0.4, -0.2) is 28.3 Å². The molecule has 20 heavy (non-hydrogen) atoms. The lowest BCUT2D eigenvalue weighted by Crippen LogP contribution is -2.38. The van der Waals surface area contributed by atoms with E-state index in [1.165, 1.54) is 17.5 Å². The molecule has 2 atom stereocenters. The summed E-state index contributed by atoms with van der Waals surface area (Å²) in [4.78, 5) is 11.0. The van der Waals surface area contributed by atoms with Crippen LogP contribution in [0.5, 0.6) is 0 Å². The highest BCUT2D eigenvalue weighted by molar-refractivity contribution is 5.67. The van der Waals surface area contributed by atoms with Crippen molar-refractivity contribution in [3.05, 3.63) is 34.9 Å². The molecule has 0 saturated heterocycles. The van der Waals surface area contributed by atoms with Gasteiger partial charge in [-0.15, -0.1) is 0 Å². The molecule has 108 valence electrons. The Kier molecular flexibility index (Phi) is 3.76. The number of fused-ring (bicyclic) bond motifs is 1. The summed E-state index contributed by atoms with van der Waals surface area (Å²) in [7, 11) is 0. The highest BCUT2D eigenvalue weighted by Crippen LogP contribution is 2.29. The van der Waals surface area contributed by atoms with Crippen molar-refractivity contribution >= 4 is 5.97 Å². The molecule has 0 bridgehead atoms. The van der Waals surface area contributed by atoms with Crippen LogP contribution in [-0.2, 0) is 17.6 Å². The van der Waals surface area contributed by atoms with Gasteiger partial charge in [0, 0.05) is 12.1 Å². The van der Waals surface area contributed by atoms with Gasteiger partial charge in [0.1, 0.15) is 0 Å².